The van der Waals surface area contributed by atoms with Crippen molar-refractivity contribution < 1.29 is 4.74 Å². The summed E-state index contributed by atoms with van der Waals surface area (Å²) in [4.78, 5) is 0. The van der Waals surface area contributed by atoms with Gasteiger partial charge >= 0.3 is 0 Å². The molecular weight excluding hydrogens is 198 g/mol. The molecule has 0 amide bonds. The summed E-state index contributed by atoms with van der Waals surface area (Å²) in [5.41, 5.74) is 0.186. The molecule has 2 nitrogen and oxygen atoms in total. The minimum atomic E-state index is 0.186. The molecule has 1 N–H and O–H groups in total. The van der Waals surface area contributed by atoms with Gasteiger partial charge < -0.3 is 10.1 Å². The van der Waals surface area contributed by atoms with E-state index >= 15 is 0 Å². The van der Waals surface area contributed by atoms with E-state index in [-0.39, 0.29) is 5.54 Å². The summed E-state index contributed by atoms with van der Waals surface area (Å²) in [5, 5.41) is 3.30. The van der Waals surface area contributed by atoms with Crippen LogP contribution in [0.4, 0.5) is 0 Å². The molecule has 1 atom stereocenters. The fraction of sp³-hybridized carbons (Fsp3) is 0.857. The number of hydrogen-bond acceptors (Lipinski definition) is 2. The second-order valence-electron chi connectivity index (χ2n) is 5.36. The van der Waals surface area contributed by atoms with Crippen molar-refractivity contribution in [2.24, 2.45) is 0 Å². The monoisotopic (exact) mass is 225 g/mol. The second kappa shape index (κ2) is 7.08. The fourth-order valence-corrected chi connectivity index (χ4v) is 1.86. The lowest BCUT2D eigenvalue weighted by Gasteiger charge is -2.25. The Balaban J connectivity index is 2.22. The van der Waals surface area contributed by atoms with Gasteiger partial charge in [-0.25, -0.2) is 0 Å². The minimum Gasteiger partial charge on any atom is -0.374 e. The molecule has 2 heteroatoms. The Labute approximate surface area is 100 Å². The topological polar surface area (TPSA) is 21.3 Å². The first kappa shape index (κ1) is 13.7. The van der Waals surface area contributed by atoms with Crippen LogP contribution in [0.15, 0.2) is 12.2 Å². The molecule has 1 aliphatic rings. The molecule has 0 bridgehead atoms. The van der Waals surface area contributed by atoms with E-state index in [0.29, 0.717) is 6.10 Å². The molecule has 0 aromatic carbocycles. The molecule has 0 heterocycles. The van der Waals surface area contributed by atoms with E-state index in [4.69, 9.17) is 4.74 Å². The number of allylic oxidation sites excluding steroid dienone is 1. The van der Waals surface area contributed by atoms with Crippen LogP contribution < -0.4 is 5.32 Å². The Kier molecular flexibility index (Phi) is 6.07. The average Bonchev–Trinajstić information content (AvgIpc) is 2.21. The van der Waals surface area contributed by atoms with Gasteiger partial charge in [-0.15, -0.1) is 0 Å². The molecule has 0 aromatic heterocycles. The Morgan fingerprint density at radius 2 is 2.12 bits per heavy atom. The van der Waals surface area contributed by atoms with E-state index in [9.17, 15) is 0 Å². The predicted molar refractivity (Wildman–Crippen MR) is 69.7 cm³/mol. The van der Waals surface area contributed by atoms with Gasteiger partial charge in [0.15, 0.2) is 0 Å². The zero-order chi connectivity index (χ0) is 11.9. The molecule has 0 spiro atoms. The molecule has 0 fully saturated rings. The highest BCUT2D eigenvalue weighted by atomic mass is 16.5. The van der Waals surface area contributed by atoms with Crippen LogP contribution in [0.2, 0.25) is 0 Å². The van der Waals surface area contributed by atoms with Gasteiger partial charge in [-0.2, -0.15) is 0 Å². The number of nitrogens with one attached hydrogen (secondary N) is 1. The molecule has 1 aliphatic carbocycles. The number of ether oxygens (including phenoxy) is 1. The lowest BCUT2D eigenvalue weighted by molar-refractivity contribution is 0.0631. The second-order valence-corrected chi connectivity index (χ2v) is 5.36. The third kappa shape index (κ3) is 5.66. The average molecular weight is 225 g/mol. The summed E-state index contributed by atoms with van der Waals surface area (Å²) in [6.07, 6.45) is 12.4. The highest BCUT2D eigenvalue weighted by Gasteiger charge is 2.15. The van der Waals surface area contributed by atoms with Gasteiger partial charge in [0.05, 0.1) is 6.10 Å². The first-order valence-electron chi connectivity index (χ1n) is 6.61. The lowest BCUT2D eigenvalue weighted by atomic mass is 10.0. The highest BCUT2D eigenvalue weighted by Crippen LogP contribution is 2.15. The first-order valence-corrected chi connectivity index (χ1v) is 6.61. The molecule has 0 saturated carbocycles. The summed E-state index contributed by atoms with van der Waals surface area (Å²) in [6.45, 7) is 5.28. The van der Waals surface area contributed by atoms with Crippen molar-refractivity contribution >= 4 is 0 Å². The molecule has 0 radical (unpaired) electrons. The molecule has 0 aliphatic heterocycles. The standard InChI is InChI=1S/C14H27NO/c1-14(2,15-3)11-12-16-13-9-7-5-4-6-8-10-13/h7,9,13,15H,4-6,8,10-12H2,1-3H3/b9-7-. The van der Waals surface area contributed by atoms with Crippen molar-refractivity contribution in [3.8, 4) is 0 Å². The Hall–Kier alpha value is -0.340. The smallest absolute Gasteiger partial charge is 0.0755 e. The zero-order valence-corrected chi connectivity index (χ0v) is 11.1. The van der Waals surface area contributed by atoms with Crippen molar-refractivity contribution in [2.45, 2.75) is 64.0 Å². The van der Waals surface area contributed by atoms with Crippen LogP contribution in [0.3, 0.4) is 0 Å². The van der Waals surface area contributed by atoms with Gasteiger partial charge in [0.25, 0.3) is 0 Å². The SMILES string of the molecule is CNC(C)(C)CCOC1/C=C\CCCCC1. The van der Waals surface area contributed by atoms with E-state index < -0.39 is 0 Å². The maximum Gasteiger partial charge on any atom is 0.0755 e. The molecule has 16 heavy (non-hydrogen) atoms. The fourth-order valence-electron chi connectivity index (χ4n) is 1.86. The number of hydrogen-bond donors (Lipinski definition) is 1. The van der Waals surface area contributed by atoms with Crippen LogP contribution in [0.25, 0.3) is 0 Å². The van der Waals surface area contributed by atoms with E-state index in [1.54, 1.807) is 0 Å². The molecule has 0 saturated heterocycles. The molecule has 94 valence electrons. The molecule has 0 aromatic rings. The Bertz CT molecular complexity index is 211. The van der Waals surface area contributed by atoms with E-state index in [0.717, 1.165) is 13.0 Å². The van der Waals surface area contributed by atoms with Gasteiger partial charge in [-0.05, 0) is 46.6 Å². The number of rotatable bonds is 5. The Morgan fingerprint density at radius 3 is 2.88 bits per heavy atom. The van der Waals surface area contributed by atoms with E-state index in [1.165, 1.54) is 32.1 Å². The van der Waals surface area contributed by atoms with Crippen molar-refractivity contribution in [1.29, 1.82) is 0 Å². The summed E-state index contributed by atoms with van der Waals surface area (Å²) >= 11 is 0. The summed E-state index contributed by atoms with van der Waals surface area (Å²) in [5.74, 6) is 0. The highest BCUT2D eigenvalue weighted by molar-refractivity contribution is 4.91. The van der Waals surface area contributed by atoms with Crippen molar-refractivity contribution in [3.05, 3.63) is 12.2 Å². The van der Waals surface area contributed by atoms with Gasteiger partial charge in [-0.1, -0.05) is 25.0 Å². The van der Waals surface area contributed by atoms with Crippen LogP contribution in [-0.2, 0) is 4.74 Å². The quantitative estimate of drug-likeness (QED) is 0.725. The minimum absolute atomic E-state index is 0.186. The lowest BCUT2D eigenvalue weighted by Crippen LogP contribution is -2.37. The molecule has 1 unspecified atom stereocenters. The van der Waals surface area contributed by atoms with Crippen LogP contribution in [0, 0.1) is 0 Å². The maximum absolute atomic E-state index is 5.93. The van der Waals surface area contributed by atoms with Crippen LogP contribution in [0.1, 0.15) is 52.4 Å². The van der Waals surface area contributed by atoms with Crippen molar-refractivity contribution in [3.63, 3.8) is 0 Å². The van der Waals surface area contributed by atoms with Gasteiger partial charge in [0.2, 0.25) is 0 Å². The van der Waals surface area contributed by atoms with E-state index in [2.05, 4.69) is 31.3 Å². The van der Waals surface area contributed by atoms with Gasteiger partial charge in [0, 0.05) is 12.1 Å². The van der Waals surface area contributed by atoms with Gasteiger partial charge in [-0.3, -0.25) is 0 Å². The van der Waals surface area contributed by atoms with E-state index in [1.807, 2.05) is 7.05 Å². The zero-order valence-electron chi connectivity index (χ0n) is 11.1. The van der Waals surface area contributed by atoms with Crippen LogP contribution >= 0.6 is 0 Å². The molecular formula is C14H27NO. The predicted octanol–water partition coefficient (Wildman–Crippen LogP) is 3.28. The Morgan fingerprint density at radius 1 is 1.31 bits per heavy atom. The third-order valence-corrected chi connectivity index (χ3v) is 3.45. The first-order chi connectivity index (χ1) is 7.64. The van der Waals surface area contributed by atoms with Crippen molar-refractivity contribution in [1.82, 2.24) is 5.32 Å². The normalized spacial score (nSPS) is 24.8. The third-order valence-electron chi connectivity index (χ3n) is 3.45. The summed E-state index contributed by atoms with van der Waals surface area (Å²) in [6, 6.07) is 0. The van der Waals surface area contributed by atoms with Crippen LogP contribution in [-0.4, -0.2) is 25.3 Å². The largest absolute Gasteiger partial charge is 0.374 e. The van der Waals surface area contributed by atoms with Crippen molar-refractivity contribution in [2.75, 3.05) is 13.7 Å². The van der Waals surface area contributed by atoms with Gasteiger partial charge in [0.1, 0.15) is 0 Å². The maximum atomic E-state index is 5.93. The summed E-state index contributed by atoms with van der Waals surface area (Å²) < 4.78 is 5.93. The molecule has 1 rings (SSSR count). The summed E-state index contributed by atoms with van der Waals surface area (Å²) in [7, 11) is 2.01. The van der Waals surface area contributed by atoms with Crippen LogP contribution in [0.5, 0.6) is 0 Å².